The number of benzene rings is 5. The molecule has 0 amide bonds. The Balaban J connectivity index is 1.32. The van der Waals surface area contributed by atoms with Crippen LogP contribution in [-0.4, -0.2) is 71.0 Å². The number of fused-ring (bicyclic) bond motifs is 1. The Hall–Kier alpha value is -5.85. The van der Waals surface area contributed by atoms with Crippen molar-refractivity contribution in [3.8, 4) is 28.7 Å². The molecular weight excluding hydrogens is 747 g/mol. The highest BCUT2D eigenvalue weighted by Crippen LogP contribution is 2.38. The highest BCUT2D eigenvalue weighted by molar-refractivity contribution is 5.87. The molecule has 4 unspecified atom stereocenters. The Kier molecular flexibility index (Phi) is 14.6. The predicted molar refractivity (Wildman–Crippen MR) is 228 cm³/mol. The second kappa shape index (κ2) is 20.2. The molecule has 1 heterocycles. The molecule has 4 atom stereocenters. The van der Waals surface area contributed by atoms with Gasteiger partial charge in [-0.05, 0) is 108 Å². The van der Waals surface area contributed by atoms with Gasteiger partial charge in [0.25, 0.3) is 0 Å². The highest BCUT2D eigenvalue weighted by Gasteiger charge is 2.30. The zero-order valence-corrected chi connectivity index (χ0v) is 33.8. The molecule has 6 aromatic rings. The number of nitrogens with one attached hydrogen (secondary N) is 2. The van der Waals surface area contributed by atoms with Crippen molar-refractivity contribution in [2.75, 3.05) is 27.4 Å². The number of hydrogen-bond acceptors (Lipinski definition) is 10. The van der Waals surface area contributed by atoms with Crippen LogP contribution in [0, 0.1) is 5.92 Å². The van der Waals surface area contributed by atoms with Gasteiger partial charge in [0.15, 0.2) is 23.0 Å². The second-order valence-electron chi connectivity index (χ2n) is 15.3. The van der Waals surface area contributed by atoms with E-state index in [1.807, 2.05) is 36.4 Å². The maximum absolute atomic E-state index is 14.7. The molecule has 11 heteroatoms. The number of ketones is 1. The lowest BCUT2D eigenvalue weighted by Gasteiger charge is -2.27. The number of aromatic nitrogens is 1. The Labute approximate surface area is 345 Å². The van der Waals surface area contributed by atoms with Crippen molar-refractivity contribution in [3.63, 3.8) is 0 Å². The summed E-state index contributed by atoms with van der Waals surface area (Å²) in [7, 11) is 3.34. The van der Waals surface area contributed by atoms with Crippen molar-refractivity contribution in [2.45, 2.75) is 63.7 Å². The van der Waals surface area contributed by atoms with Gasteiger partial charge in [-0.1, -0.05) is 72.3 Å². The number of aliphatic hydroxyl groups is 2. The van der Waals surface area contributed by atoms with Crippen LogP contribution in [0.4, 0.5) is 0 Å². The summed E-state index contributed by atoms with van der Waals surface area (Å²) in [4.78, 5) is 18.9. The average Bonchev–Trinajstić information content (AvgIpc) is 3.73. The lowest BCUT2D eigenvalue weighted by atomic mass is 9.80. The van der Waals surface area contributed by atoms with Gasteiger partial charge in [0.1, 0.15) is 18.3 Å². The van der Waals surface area contributed by atoms with Crippen LogP contribution >= 0.6 is 0 Å². The van der Waals surface area contributed by atoms with Crippen molar-refractivity contribution in [1.29, 1.82) is 0 Å². The number of carbonyl (C=O) groups is 1. The Bertz CT molecular complexity index is 2300. The Morgan fingerprint density at radius 2 is 1.61 bits per heavy atom. The SMILES string of the molecule is CNCc1cc(O)cc(C(Cc2ccc(O)c(OCNCC(C)O)c2)C(=O)CC(O)C(Cc2cc[n-]c2)Cc2ccc(O)c(OC)c2Cc2cccc3ccccc23)c1. The van der Waals surface area contributed by atoms with Gasteiger partial charge in [-0.15, -0.1) is 0 Å². The van der Waals surface area contributed by atoms with E-state index in [4.69, 9.17) is 9.47 Å². The molecule has 7 N–H and O–H groups in total. The van der Waals surface area contributed by atoms with E-state index in [1.54, 1.807) is 56.7 Å². The third-order valence-electron chi connectivity index (χ3n) is 10.7. The van der Waals surface area contributed by atoms with Crippen LogP contribution in [0.5, 0.6) is 28.7 Å². The number of phenols is 3. The standard InChI is InChI=1S/C48H54N3O8/c1-30(52)26-51-29-59-47-21-31(11-13-43(47)54)20-41(37-18-33(27-49-2)19-39(53)23-37)46(57)25-45(56)38(17-32-15-16-50-28-32)22-36-12-14-44(55)48(58-3)42(36)24-35-9-6-8-34-7-4-5-10-40(34)35/h4-16,18-19,21,23,28,30,38,41,45,49,51-56H,17,20,22,24-27,29H2,1-3H3/q-1. The largest absolute Gasteiger partial charge is 0.670 e. The molecule has 0 saturated carbocycles. The fraction of sp³-hybridized carbons (Fsp3) is 0.312. The minimum absolute atomic E-state index is 0.0180. The van der Waals surface area contributed by atoms with Gasteiger partial charge >= 0.3 is 0 Å². The topological polar surface area (TPSA) is 175 Å². The van der Waals surface area contributed by atoms with E-state index in [9.17, 15) is 30.3 Å². The van der Waals surface area contributed by atoms with Crippen molar-refractivity contribution in [2.24, 2.45) is 5.92 Å². The van der Waals surface area contributed by atoms with E-state index in [1.165, 1.54) is 13.2 Å². The molecule has 0 spiro atoms. The number of aliphatic hydroxyl groups excluding tert-OH is 2. The molecule has 6 rings (SSSR count). The summed E-state index contributed by atoms with van der Waals surface area (Å²) >= 11 is 0. The van der Waals surface area contributed by atoms with E-state index in [-0.39, 0.29) is 48.4 Å². The highest BCUT2D eigenvalue weighted by atomic mass is 16.5. The number of phenolic OH excluding ortho intramolecular Hbond substituents is 3. The fourth-order valence-electron chi connectivity index (χ4n) is 7.85. The molecular formula is C48H54N3O8-. The first-order valence-corrected chi connectivity index (χ1v) is 19.9. The van der Waals surface area contributed by atoms with Gasteiger partial charge in [0.2, 0.25) is 0 Å². The molecule has 0 saturated heterocycles. The number of ether oxygens (including phenoxy) is 2. The summed E-state index contributed by atoms with van der Waals surface area (Å²) in [6, 6.07) is 29.7. The molecule has 0 aliphatic carbocycles. The Morgan fingerprint density at radius 1 is 0.814 bits per heavy atom. The average molecular weight is 801 g/mol. The van der Waals surface area contributed by atoms with Crippen LogP contribution in [0.25, 0.3) is 10.8 Å². The van der Waals surface area contributed by atoms with E-state index in [2.05, 4.69) is 39.9 Å². The monoisotopic (exact) mass is 800 g/mol. The first kappa shape index (κ1) is 42.7. The fourth-order valence-corrected chi connectivity index (χ4v) is 7.85. The number of aromatic hydroxyl groups is 3. The van der Waals surface area contributed by atoms with Crippen LogP contribution in [0.1, 0.15) is 58.2 Å². The third-order valence-corrected chi connectivity index (χ3v) is 10.7. The molecule has 0 radical (unpaired) electrons. The van der Waals surface area contributed by atoms with Crippen LogP contribution in [-0.2, 0) is 37.0 Å². The van der Waals surface area contributed by atoms with E-state index >= 15 is 0 Å². The minimum Gasteiger partial charge on any atom is -0.670 e. The van der Waals surface area contributed by atoms with Crippen molar-refractivity contribution in [3.05, 3.63) is 148 Å². The molecule has 0 aliphatic heterocycles. The maximum atomic E-state index is 14.7. The lowest BCUT2D eigenvalue weighted by molar-refractivity contribution is -0.123. The zero-order chi connectivity index (χ0) is 41.9. The van der Waals surface area contributed by atoms with Crippen LogP contribution in [0.15, 0.2) is 109 Å². The van der Waals surface area contributed by atoms with Gasteiger partial charge < -0.3 is 45.3 Å². The van der Waals surface area contributed by atoms with Gasteiger partial charge in [-0.25, -0.2) is 0 Å². The number of hydrogen-bond donors (Lipinski definition) is 7. The predicted octanol–water partition coefficient (Wildman–Crippen LogP) is 6.29. The summed E-state index contributed by atoms with van der Waals surface area (Å²) in [6.07, 6.45) is 3.12. The first-order chi connectivity index (χ1) is 28.5. The molecule has 11 nitrogen and oxygen atoms in total. The lowest BCUT2D eigenvalue weighted by Crippen LogP contribution is -2.30. The number of carbonyl (C=O) groups excluding carboxylic acids is 1. The van der Waals surface area contributed by atoms with Crippen molar-refractivity contribution in [1.82, 2.24) is 15.6 Å². The minimum atomic E-state index is -1.09. The number of Topliss-reactive ketones (excluding diaryl/α,β-unsaturated/α-hetero) is 1. The van der Waals surface area contributed by atoms with E-state index < -0.39 is 24.0 Å². The third kappa shape index (κ3) is 11.2. The Morgan fingerprint density at radius 3 is 2.37 bits per heavy atom. The molecule has 5 aromatic carbocycles. The van der Waals surface area contributed by atoms with Gasteiger partial charge in [0, 0.05) is 37.4 Å². The first-order valence-electron chi connectivity index (χ1n) is 19.9. The molecule has 310 valence electrons. The van der Waals surface area contributed by atoms with Crippen LogP contribution in [0.2, 0.25) is 0 Å². The molecule has 1 aromatic heterocycles. The second-order valence-corrected chi connectivity index (χ2v) is 15.3. The van der Waals surface area contributed by atoms with E-state index in [0.717, 1.165) is 38.6 Å². The smallest absolute Gasteiger partial charge is 0.164 e. The number of rotatable bonds is 21. The molecule has 0 bridgehead atoms. The van der Waals surface area contributed by atoms with Gasteiger partial charge in [-0.2, -0.15) is 12.4 Å². The molecule has 0 fully saturated rings. The summed E-state index contributed by atoms with van der Waals surface area (Å²) in [6.45, 7) is 2.47. The number of methoxy groups -OCH3 is 1. The van der Waals surface area contributed by atoms with Crippen LogP contribution < -0.4 is 25.1 Å². The van der Waals surface area contributed by atoms with Gasteiger partial charge in [0.05, 0.1) is 19.3 Å². The maximum Gasteiger partial charge on any atom is 0.164 e. The van der Waals surface area contributed by atoms with Crippen molar-refractivity contribution < 1.29 is 39.8 Å². The summed E-state index contributed by atoms with van der Waals surface area (Å²) in [5.74, 6) is -0.882. The zero-order valence-electron chi connectivity index (χ0n) is 33.8. The summed E-state index contributed by atoms with van der Waals surface area (Å²) < 4.78 is 11.6. The van der Waals surface area contributed by atoms with Gasteiger partial charge in [-0.3, -0.25) is 10.1 Å². The molecule has 0 aliphatic rings. The van der Waals surface area contributed by atoms with Crippen LogP contribution in [0.3, 0.4) is 0 Å². The number of nitrogens with zero attached hydrogens (tertiary/aromatic N) is 1. The van der Waals surface area contributed by atoms with E-state index in [0.29, 0.717) is 49.2 Å². The summed E-state index contributed by atoms with van der Waals surface area (Å²) in [5.41, 5.74) is 5.75. The summed E-state index contributed by atoms with van der Waals surface area (Å²) in [5, 5.41) is 62.3. The normalized spacial score (nSPS) is 13.5. The van der Waals surface area contributed by atoms with Crippen molar-refractivity contribution >= 4 is 16.6 Å². The molecule has 59 heavy (non-hydrogen) atoms. The quantitative estimate of drug-likeness (QED) is 0.0322.